The third kappa shape index (κ3) is 4.56. The largest absolute Gasteiger partial charge is 0.493 e. The van der Waals surface area contributed by atoms with Gasteiger partial charge in [0.2, 0.25) is 11.7 Å². The average Bonchev–Trinajstić information content (AvgIpc) is 3.15. The molecule has 3 rings (SSSR count). The van der Waals surface area contributed by atoms with E-state index in [1.807, 2.05) is 42.2 Å². The van der Waals surface area contributed by atoms with Crippen molar-refractivity contribution >= 4 is 28.5 Å². The summed E-state index contributed by atoms with van der Waals surface area (Å²) in [4.78, 5) is 20.0. The lowest BCUT2D eigenvalue weighted by atomic mass is 10.1. The Kier molecular flexibility index (Phi) is 7.26. The summed E-state index contributed by atoms with van der Waals surface area (Å²) in [5.41, 5.74) is 2.75. The minimum Gasteiger partial charge on any atom is -0.493 e. The first-order valence-corrected chi connectivity index (χ1v) is 10.9. The normalized spacial score (nSPS) is 17.3. The Morgan fingerprint density at radius 1 is 1.13 bits per heavy atom. The second-order valence-corrected chi connectivity index (χ2v) is 8.03. The molecule has 1 aliphatic rings. The Labute approximate surface area is 182 Å². The van der Waals surface area contributed by atoms with E-state index in [2.05, 4.69) is 6.92 Å². The van der Waals surface area contributed by atoms with E-state index in [0.717, 1.165) is 34.2 Å². The average molecular weight is 429 g/mol. The highest BCUT2D eigenvalue weighted by molar-refractivity contribution is 8.14. The number of aliphatic imine (C=N–C) groups is 1. The van der Waals surface area contributed by atoms with Gasteiger partial charge >= 0.3 is 0 Å². The van der Waals surface area contributed by atoms with Crippen molar-refractivity contribution in [3.05, 3.63) is 47.5 Å². The number of amidine groups is 1. The monoisotopic (exact) mass is 428 g/mol. The zero-order valence-electron chi connectivity index (χ0n) is 18.1. The van der Waals surface area contributed by atoms with Crippen LogP contribution >= 0.6 is 11.8 Å². The van der Waals surface area contributed by atoms with Crippen molar-refractivity contribution in [2.24, 2.45) is 4.99 Å². The highest BCUT2D eigenvalue weighted by Gasteiger charge is 2.34. The van der Waals surface area contributed by atoms with Crippen LogP contribution in [0.5, 0.6) is 17.2 Å². The summed E-state index contributed by atoms with van der Waals surface area (Å²) in [7, 11) is 4.70. The SMILES string of the molecule is CCC1CSC(=Nc2cccc(C)c2)N1C(=O)Cc1ccc(OC)c(OC)c1OC. The summed E-state index contributed by atoms with van der Waals surface area (Å²) in [6.45, 7) is 4.13. The lowest BCUT2D eigenvalue weighted by Gasteiger charge is -2.24. The number of nitrogens with zero attached hydrogens (tertiary/aromatic N) is 2. The van der Waals surface area contributed by atoms with Gasteiger partial charge in [0.15, 0.2) is 16.7 Å². The van der Waals surface area contributed by atoms with E-state index < -0.39 is 0 Å². The second kappa shape index (κ2) is 9.89. The molecule has 1 aliphatic heterocycles. The highest BCUT2D eigenvalue weighted by Crippen LogP contribution is 2.40. The lowest BCUT2D eigenvalue weighted by molar-refractivity contribution is -0.127. The lowest BCUT2D eigenvalue weighted by Crippen LogP contribution is -2.40. The van der Waals surface area contributed by atoms with E-state index in [0.29, 0.717) is 17.2 Å². The van der Waals surface area contributed by atoms with Crippen LogP contribution < -0.4 is 14.2 Å². The van der Waals surface area contributed by atoms with Gasteiger partial charge in [-0.2, -0.15) is 0 Å². The fraction of sp³-hybridized carbons (Fsp3) is 0.391. The van der Waals surface area contributed by atoms with Gasteiger partial charge in [-0.15, -0.1) is 0 Å². The van der Waals surface area contributed by atoms with Crippen molar-refractivity contribution in [2.75, 3.05) is 27.1 Å². The molecule has 0 bridgehead atoms. The zero-order chi connectivity index (χ0) is 21.7. The number of carbonyl (C=O) groups is 1. The van der Waals surface area contributed by atoms with Crippen LogP contribution in [0.2, 0.25) is 0 Å². The fourth-order valence-corrected chi connectivity index (χ4v) is 4.81. The number of aryl methyl sites for hydroxylation is 1. The number of benzene rings is 2. The van der Waals surface area contributed by atoms with Crippen LogP contribution in [0.25, 0.3) is 0 Å². The summed E-state index contributed by atoms with van der Waals surface area (Å²) in [6.07, 6.45) is 1.06. The maximum atomic E-state index is 13.4. The standard InChI is InChI=1S/C23H28N2O4S/c1-6-18-14-30-23(24-17-9-7-8-15(2)12-17)25(18)20(26)13-16-10-11-19(27-3)22(29-5)21(16)28-4/h7-12,18H,6,13-14H2,1-5H3. The van der Waals surface area contributed by atoms with Gasteiger partial charge < -0.3 is 14.2 Å². The maximum Gasteiger partial charge on any atom is 0.233 e. The number of ether oxygens (including phenoxy) is 3. The minimum atomic E-state index is -0.0104. The molecular formula is C23H28N2O4S. The van der Waals surface area contributed by atoms with Crippen molar-refractivity contribution in [3.8, 4) is 17.2 Å². The summed E-state index contributed by atoms with van der Waals surface area (Å²) in [6, 6.07) is 11.8. The molecule has 30 heavy (non-hydrogen) atoms. The van der Waals surface area contributed by atoms with E-state index in [-0.39, 0.29) is 18.4 Å². The van der Waals surface area contributed by atoms with Crippen LogP contribution in [-0.2, 0) is 11.2 Å². The first kappa shape index (κ1) is 22.0. The molecule has 1 unspecified atom stereocenters. The second-order valence-electron chi connectivity index (χ2n) is 7.04. The molecule has 0 N–H and O–H groups in total. The predicted molar refractivity (Wildman–Crippen MR) is 121 cm³/mol. The number of hydrogen-bond donors (Lipinski definition) is 0. The quantitative estimate of drug-likeness (QED) is 0.645. The smallest absolute Gasteiger partial charge is 0.233 e. The van der Waals surface area contributed by atoms with Gasteiger partial charge in [0.25, 0.3) is 0 Å². The van der Waals surface area contributed by atoms with Crippen LogP contribution in [-0.4, -0.2) is 49.1 Å². The molecular weight excluding hydrogens is 400 g/mol. The zero-order valence-corrected chi connectivity index (χ0v) is 18.9. The van der Waals surface area contributed by atoms with Crippen LogP contribution in [0.3, 0.4) is 0 Å². The summed E-state index contributed by atoms with van der Waals surface area (Å²) in [5, 5.41) is 0.747. The molecule has 160 valence electrons. The molecule has 0 radical (unpaired) electrons. The predicted octanol–water partition coefficient (Wildman–Crippen LogP) is 4.61. The Balaban J connectivity index is 1.92. The molecule has 2 aromatic carbocycles. The molecule has 1 saturated heterocycles. The van der Waals surface area contributed by atoms with Gasteiger partial charge in [0.1, 0.15) is 0 Å². The summed E-state index contributed by atoms with van der Waals surface area (Å²) in [5.74, 6) is 2.40. The first-order valence-electron chi connectivity index (χ1n) is 9.90. The van der Waals surface area contributed by atoms with Gasteiger partial charge in [-0.3, -0.25) is 9.69 Å². The molecule has 0 saturated carbocycles. The Morgan fingerprint density at radius 3 is 2.53 bits per heavy atom. The molecule has 0 aromatic heterocycles. The van der Waals surface area contributed by atoms with Crippen LogP contribution in [0.1, 0.15) is 24.5 Å². The van der Waals surface area contributed by atoms with E-state index in [1.165, 1.54) is 0 Å². The Bertz CT molecular complexity index is 945. The van der Waals surface area contributed by atoms with E-state index >= 15 is 0 Å². The fourth-order valence-electron chi connectivity index (χ4n) is 3.53. The summed E-state index contributed by atoms with van der Waals surface area (Å²) >= 11 is 1.63. The van der Waals surface area contributed by atoms with Crippen LogP contribution in [0.15, 0.2) is 41.4 Å². The first-order chi connectivity index (χ1) is 14.5. The van der Waals surface area contributed by atoms with Gasteiger partial charge in [0.05, 0.1) is 33.4 Å². The minimum absolute atomic E-state index is 0.0104. The molecule has 6 nitrogen and oxygen atoms in total. The van der Waals surface area contributed by atoms with E-state index in [4.69, 9.17) is 19.2 Å². The molecule has 0 aliphatic carbocycles. The van der Waals surface area contributed by atoms with Gasteiger partial charge in [0, 0.05) is 17.4 Å². The topological polar surface area (TPSA) is 60.4 Å². The Morgan fingerprint density at radius 2 is 1.90 bits per heavy atom. The van der Waals surface area contributed by atoms with Crippen molar-refractivity contribution in [1.29, 1.82) is 0 Å². The number of amides is 1. The molecule has 2 aromatic rings. The number of carbonyl (C=O) groups excluding carboxylic acids is 1. The molecule has 0 spiro atoms. The third-order valence-electron chi connectivity index (χ3n) is 5.07. The molecule has 1 fully saturated rings. The number of hydrogen-bond acceptors (Lipinski definition) is 6. The van der Waals surface area contributed by atoms with Crippen molar-refractivity contribution in [2.45, 2.75) is 32.7 Å². The molecule has 1 amide bonds. The van der Waals surface area contributed by atoms with Crippen molar-refractivity contribution in [3.63, 3.8) is 0 Å². The number of methoxy groups -OCH3 is 3. The molecule has 1 heterocycles. The van der Waals surface area contributed by atoms with Gasteiger partial charge in [-0.05, 0) is 37.1 Å². The highest BCUT2D eigenvalue weighted by atomic mass is 32.2. The molecule has 1 atom stereocenters. The van der Waals surface area contributed by atoms with Crippen LogP contribution in [0, 0.1) is 6.92 Å². The number of rotatable bonds is 7. The van der Waals surface area contributed by atoms with Crippen molar-refractivity contribution < 1.29 is 19.0 Å². The van der Waals surface area contributed by atoms with E-state index in [9.17, 15) is 4.79 Å². The van der Waals surface area contributed by atoms with E-state index in [1.54, 1.807) is 39.2 Å². The summed E-state index contributed by atoms with van der Waals surface area (Å²) < 4.78 is 16.4. The van der Waals surface area contributed by atoms with Crippen LogP contribution in [0.4, 0.5) is 5.69 Å². The molecule has 7 heteroatoms. The van der Waals surface area contributed by atoms with Gasteiger partial charge in [-0.25, -0.2) is 4.99 Å². The number of thioether (sulfide) groups is 1. The van der Waals surface area contributed by atoms with Gasteiger partial charge in [-0.1, -0.05) is 36.9 Å². The van der Waals surface area contributed by atoms with Crippen molar-refractivity contribution in [1.82, 2.24) is 4.90 Å². The maximum absolute atomic E-state index is 13.4. The Hall–Kier alpha value is -2.67. The third-order valence-corrected chi connectivity index (χ3v) is 6.17.